The molecular formula is C13H21NO3S. The molecule has 4 nitrogen and oxygen atoms in total. The van der Waals surface area contributed by atoms with E-state index in [2.05, 4.69) is 5.32 Å². The molecule has 1 rings (SSSR count). The number of ether oxygens (including phenoxy) is 1. The van der Waals surface area contributed by atoms with Gasteiger partial charge in [-0.1, -0.05) is 24.3 Å². The van der Waals surface area contributed by atoms with Crippen LogP contribution < -0.4 is 5.32 Å². The van der Waals surface area contributed by atoms with Gasteiger partial charge in [-0.05, 0) is 25.1 Å². The molecule has 0 saturated heterocycles. The Morgan fingerprint density at radius 3 is 2.56 bits per heavy atom. The summed E-state index contributed by atoms with van der Waals surface area (Å²) in [5.41, 5.74) is 2.12. The summed E-state index contributed by atoms with van der Waals surface area (Å²) in [6.45, 7) is 2.23. The van der Waals surface area contributed by atoms with Gasteiger partial charge in [-0.15, -0.1) is 0 Å². The second kappa shape index (κ2) is 6.87. The van der Waals surface area contributed by atoms with Crippen LogP contribution in [0.3, 0.4) is 0 Å². The van der Waals surface area contributed by atoms with E-state index in [-0.39, 0.29) is 24.2 Å². The molecule has 0 amide bonds. The van der Waals surface area contributed by atoms with Crippen LogP contribution in [-0.4, -0.2) is 40.7 Å². The minimum Gasteiger partial charge on any atom is -0.384 e. The lowest BCUT2D eigenvalue weighted by atomic mass is 10.0. The molecule has 1 atom stereocenters. The summed E-state index contributed by atoms with van der Waals surface area (Å²) < 4.78 is 28.7. The number of hydrogen-bond acceptors (Lipinski definition) is 4. The highest BCUT2D eigenvalue weighted by Gasteiger charge is 2.20. The molecule has 0 bridgehead atoms. The highest BCUT2D eigenvalue weighted by atomic mass is 32.2. The highest BCUT2D eigenvalue weighted by Crippen LogP contribution is 2.19. The van der Waals surface area contributed by atoms with E-state index >= 15 is 0 Å². The predicted octanol–water partition coefficient (Wildman–Crippen LogP) is 1.32. The van der Waals surface area contributed by atoms with Gasteiger partial charge in [0.2, 0.25) is 0 Å². The summed E-state index contributed by atoms with van der Waals surface area (Å²) >= 11 is 0. The maximum Gasteiger partial charge on any atom is 0.154 e. The Labute approximate surface area is 109 Å². The van der Waals surface area contributed by atoms with Crippen LogP contribution in [0, 0.1) is 6.92 Å². The van der Waals surface area contributed by atoms with Gasteiger partial charge in [-0.25, -0.2) is 8.42 Å². The van der Waals surface area contributed by atoms with Gasteiger partial charge < -0.3 is 10.1 Å². The van der Waals surface area contributed by atoms with Gasteiger partial charge in [0.05, 0.1) is 18.1 Å². The second-order valence-corrected chi connectivity index (χ2v) is 6.53. The largest absolute Gasteiger partial charge is 0.384 e. The van der Waals surface area contributed by atoms with Crippen molar-refractivity contribution in [2.75, 3.05) is 32.3 Å². The Morgan fingerprint density at radius 1 is 1.33 bits per heavy atom. The van der Waals surface area contributed by atoms with E-state index in [0.29, 0.717) is 0 Å². The van der Waals surface area contributed by atoms with Gasteiger partial charge in [0.25, 0.3) is 0 Å². The van der Waals surface area contributed by atoms with E-state index in [0.717, 1.165) is 11.1 Å². The fraction of sp³-hybridized carbons (Fsp3) is 0.538. The molecule has 0 saturated carbocycles. The van der Waals surface area contributed by atoms with Crippen LogP contribution in [0.1, 0.15) is 17.2 Å². The molecule has 0 aromatic heterocycles. The molecule has 1 aromatic rings. The zero-order valence-electron chi connectivity index (χ0n) is 11.1. The highest BCUT2D eigenvalue weighted by molar-refractivity contribution is 7.91. The monoisotopic (exact) mass is 271 g/mol. The van der Waals surface area contributed by atoms with Crippen LogP contribution in [0.5, 0.6) is 0 Å². The minimum absolute atomic E-state index is 0.0631. The predicted molar refractivity (Wildman–Crippen MR) is 73.5 cm³/mol. The summed E-state index contributed by atoms with van der Waals surface area (Å²) in [6.07, 6.45) is 0. The first-order chi connectivity index (χ1) is 8.50. The first-order valence-electron chi connectivity index (χ1n) is 5.92. The fourth-order valence-corrected chi connectivity index (χ4v) is 3.30. The van der Waals surface area contributed by atoms with Gasteiger partial charge >= 0.3 is 0 Å². The number of hydrogen-bond donors (Lipinski definition) is 1. The number of nitrogens with one attached hydrogen (secondary N) is 1. The maximum absolute atomic E-state index is 11.9. The minimum atomic E-state index is -3.11. The third-order valence-electron chi connectivity index (χ3n) is 2.93. The van der Waals surface area contributed by atoms with Gasteiger partial charge in [-0.2, -0.15) is 0 Å². The smallest absolute Gasteiger partial charge is 0.154 e. The molecule has 18 heavy (non-hydrogen) atoms. The molecule has 5 heteroatoms. The van der Waals surface area contributed by atoms with Crippen LogP contribution >= 0.6 is 0 Å². The Balaban J connectivity index is 2.83. The Hall–Kier alpha value is -0.910. The molecule has 102 valence electrons. The molecule has 0 aliphatic carbocycles. The molecule has 1 unspecified atom stereocenters. The molecule has 0 radical (unpaired) electrons. The van der Waals surface area contributed by atoms with Crippen molar-refractivity contribution in [3.63, 3.8) is 0 Å². The van der Waals surface area contributed by atoms with Crippen molar-refractivity contribution >= 4 is 9.84 Å². The Bertz CT molecular complexity index is 471. The van der Waals surface area contributed by atoms with Crippen LogP contribution in [0.4, 0.5) is 0 Å². The zero-order valence-corrected chi connectivity index (χ0v) is 12.0. The quantitative estimate of drug-likeness (QED) is 0.812. The number of rotatable bonds is 7. The van der Waals surface area contributed by atoms with E-state index in [1.165, 1.54) is 7.11 Å². The van der Waals surface area contributed by atoms with E-state index in [1.54, 1.807) is 7.05 Å². The molecule has 0 spiro atoms. The third-order valence-corrected chi connectivity index (χ3v) is 4.56. The summed E-state index contributed by atoms with van der Waals surface area (Å²) in [7, 11) is 0.180. The number of methoxy groups -OCH3 is 1. The van der Waals surface area contributed by atoms with Crippen molar-refractivity contribution < 1.29 is 13.2 Å². The SMILES string of the molecule is CNC(CS(=O)(=O)CCOC)c1ccccc1C. The van der Waals surface area contributed by atoms with Crippen molar-refractivity contribution in [3.05, 3.63) is 35.4 Å². The summed E-state index contributed by atoms with van der Waals surface area (Å²) in [4.78, 5) is 0. The molecule has 0 fully saturated rings. The standard InChI is InChI=1S/C13H21NO3S/c1-11-6-4-5-7-12(11)13(14-2)10-18(15,16)9-8-17-3/h4-7,13-14H,8-10H2,1-3H3. The van der Waals surface area contributed by atoms with Crippen LogP contribution in [0.25, 0.3) is 0 Å². The van der Waals surface area contributed by atoms with Crippen molar-refractivity contribution in [2.24, 2.45) is 0 Å². The van der Waals surface area contributed by atoms with Crippen LogP contribution in [0.15, 0.2) is 24.3 Å². The third kappa shape index (κ3) is 4.40. The average Bonchev–Trinajstić information content (AvgIpc) is 2.34. The van der Waals surface area contributed by atoms with Gasteiger partial charge in [0, 0.05) is 13.2 Å². The summed E-state index contributed by atoms with van der Waals surface area (Å²) in [6, 6.07) is 7.65. The Morgan fingerprint density at radius 2 is 2.00 bits per heavy atom. The number of sulfone groups is 1. The fourth-order valence-electron chi connectivity index (χ4n) is 1.85. The molecule has 1 aromatic carbocycles. The summed E-state index contributed by atoms with van der Waals surface area (Å²) in [5.74, 6) is 0.158. The van der Waals surface area contributed by atoms with Gasteiger partial charge in [0.1, 0.15) is 0 Å². The Kier molecular flexibility index (Phi) is 5.78. The van der Waals surface area contributed by atoms with E-state index in [1.807, 2.05) is 31.2 Å². The summed E-state index contributed by atoms with van der Waals surface area (Å²) in [5, 5.41) is 3.07. The van der Waals surface area contributed by atoms with Crippen LogP contribution in [-0.2, 0) is 14.6 Å². The van der Waals surface area contributed by atoms with Crippen molar-refractivity contribution in [1.82, 2.24) is 5.32 Å². The number of benzene rings is 1. The van der Waals surface area contributed by atoms with Crippen molar-refractivity contribution in [3.8, 4) is 0 Å². The molecule has 1 N–H and O–H groups in total. The van der Waals surface area contributed by atoms with Gasteiger partial charge in [0.15, 0.2) is 9.84 Å². The average molecular weight is 271 g/mol. The normalized spacial score (nSPS) is 13.5. The zero-order chi connectivity index (χ0) is 13.6. The topological polar surface area (TPSA) is 55.4 Å². The first kappa shape index (κ1) is 15.1. The van der Waals surface area contributed by atoms with Gasteiger partial charge in [-0.3, -0.25) is 0 Å². The van der Waals surface area contributed by atoms with E-state index < -0.39 is 9.84 Å². The second-order valence-electron chi connectivity index (χ2n) is 4.31. The van der Waals surface area contributed by atoms with Crippen molar-refractivity contribution in [2.45, 2.75) is 13.0 Å². The molecular weight excluding hydrogens is 250 g/mol. The van der Waals surface area contributed by atoms with E-state index in [4.69, 9.17) is 4.74 Å². The lowest BCUT2D eigenvalue weighted by Gasteiger charge is -2.18. The molecule has 0 aliphatic rings. The first-order valence-corrected chi connectivity index (χ1v) is 7.74. The molecule has 0 aliphatic heterocycles. The maximum atomic E-state index is 11.9. The lowest BCUT2D eigenvalue weighted by Crippen LogP contribution is -2.28. The van der Waals surface area contributed by atoms with Crippen molar-refractivity contribution in [1.29, 1.82) is 0 Å². The van der Waals surface area contributed by atoms with E-state index in [9.17, 15) is 8.42 Å². The number of aryl methyl sites for hydroxylation is 1. The lowest BCUT2D eigenvalue weighted by molar-refractivity contribution is 0.217. The molecule has 0 heterocycles. The van der Waals surface area contributed by atoms with Crippen LogP contribution in [0.2, 0.25) is 0 Å².